The minimum atomic E-state index is -0.101. The highest BCUT2D eigenvalue weighted by Crippen LogP contribution is 2.48. The molecule has 0 aromatic heterocycles. The highest BCUT2D eigenvalue weighted by Gasteiger charge is 2.28. The van der Waals surface area contributed by atoms with Crippen molar-refractivity contribution in [3.05, 3.63) is 57.1 Å². The molecule has 1 nitrogen and oxygen atoms in total. The van der Waals surface area contributed by atoms with E-state index in [1.54, 1.807) is 0 Å². The van der Waals surface area contributed by atoms with E-state index in [2.05, 4.69) is 25.1 Å². The van der Waals surface area contributed by atoms with Gasteiger partial charge >= 0.3 is 0 Å². The fourth-order valence-corrected chi connectivity index (χ4v) is 3.01. The van der Waals surface area contributed by atoms with Gasteiger partial charge in [0.1, 0.15) is 0 Å². The van der Waals surface area contributed by atoms with Crippen LogP contribution in [0.5, 0.6) is 0 Å². The average Bonchev–Trinajstić information content (AvgIpc) is 2.67. The monoisotopic (exact) mass is 277 g/mol. The number of aryl methyl sites for hydroxylation is 1. The lowest BCUT2D eigenvalue weighted by Crippen LogP contribution is -2.08. The molecule has 0 fully saturated rings. The fraction of sp³-hybridized carbons (Fsp3) is 0.200. The molecule has 3 rings (SSSR count). The zero-order valence-corrected chi connectivity index (χ0v) is 11.5. The predicted molar refractivity (Wildman–Crippen MR) is 77.3 cm³/mol. The molecular formula is C15H13Cl2N. The summed E-state index contributed by atoms with van der Waals surface area (Å²) in [5.41, 5.74) is 11.9. The summed E-state index contributed by atoms with van der Waals surface area (Å²) >= 11 is 12.4. The Morgan fingerprint density at radius 2 is 1.89 bits per heavy atom. The molecule has 2 aromatic carbocycles. The van der Waals surface area contributed by atoms with Gasteiger partial charge in [-0.25, -0.2) is 0 Å². The Morgan fingerprint density at radius 3 is 2.61 bits per heavy atom. The maximum absolute atomic E-state index is 6.32. The van der Waals surface area contributed by atoms with Crippen molar-refractivity contribution in [2.75, 3.05) is 0 Å². The lowest BCUT2D eigenvalue weighted by Gasteiger charge is -2.07. The largest absolute Gasteiger partial charge is 0.320 e. The third-order valence-electron chi connectivity index (χ3n) is 3.59. The molecule has 0 saturated heterocycles. The third-order valence-corrected chi connectivity index (χ3v) is 4.40. The molecule has 0 heterocycles. The van der Waals surface area contributed by atoms with Crippen molar-refractivity contribution in [3.8, 4) is 11.1 Å². The average molecular weight is 278 g/mol. The van der Waals surface area contributed by atoms with Gasteiger partial charge in [-0.2, -0.15) is 0 Å². The Bertz CT molecular complexity index is 635. The van der Waals surface area contributed by atoms with Crippen LogP contribution in [0.3, 0.4) is 0 Å². The van der Waals surface area contributed by atoms with Crippen LogP contribution in [-0.2, 0) is 6.42 Å². The molecule has 0 spiro atoms. The van der Waals surface area contributed by atoms with Gasteiger partial charge in [-0.15, -0.1) is 0 Å². The van der Waals surface area contributed by atoms with Crippen LogP contribution >= 0.6 is 23.2 Å². The summed E-state index contributed by atoms with van der Waals surface area (Å²) in [5.74, 6) is 0. The second kappa shape index (κ2) is 4.27. The number of hydrogen-bond acceptors (Lipinski definition) is 1. The first kappa shape index (κ1) is 12.0. The molecule has 2 N–H and O–H groups in total. The SMILES string of the molecule is CCc1ccc2c(c1)C(N)c1ccc(Cl)c(Cl)c1-2. The van der Waals surface area contributed by atoms with Crippen LogP contribution in [-0.4, -0.2) is 0 Å². The van der Waals surface area contributed by atoms with E-state index in [1.807, 2.05) is 12.1 Å². The van der Waals surface area contributed by atoms with Crippen molar-refractivity contribution >= 4 is 23.2 Å². The number of nitrogens with two attached hydrogens (primary N) is 1. The quantitative estimate of drug-likeness (QED) is 0.811. The van der Waals surface area contributed by atoms with E-state index in [-0.39, 0.29) is 6.04 Å². The summed E-state index contributed by atoms with van der Waals surface area (Å²) in [5, 5.41) is 1.18. The molecule has 0 radical (unpaired) electrons. The zero-order chi connectivity index (χ0) is 12.9. The van der Waals surface area contributed by atoms with E-state index in [0.29, 0.717) is 10.0 Å². The van der Waals surface area contributed by atoms with Gasteiger partial charge in [0.15, 0.2) is 0 Å². The zero-order valence-electron chi connectivity index (χ0n) is 10.0. The van der Waals surface area contributed by atoms with Gasteiger partial charge in [-0.05, 0) is 34.7 Å². The van der Waals surface area contributed by atoms with E-state index in [4.69, 9.17) is 28.9 Å². The van der Waals surface area contributed by atoms with Crippen molar-refractivity contribution in [1.29, 1.82) is 0 Å². The van der Waals surface area contributed by atoms with Gasteiger partial charge in [0.05, 0.1) is 16.1 Å². The normalized spacial score (nSPS) is 16.6. The predicted octanol–water partition coefficient (Wildman–Crippen LogP) is 4.58. The molecule has 2 aromatic rings. The molecule has 92 valence electrons. The first-order valence-corrected chi connectivity index (χ1v) is 6.75. The van der Waals surface area contributed by atoms with E-state index < -0.39 is 0 Å². The van der Waals surface area contributed by atoms with Gasteiger partial charge in [0.25, 0.3) is 0 Å². The molecule has 1 atom stereocenters. The highest BCUT2D eigenvalue weighted by atomic mass is 35.5. The lowest BCUT2D eigenvalue weighted by molar-refractivity contribution is 0.897. The second-order valence-corrected chi connectivity index (χ2v) is 5.36. The second-order valence-electron chi connectivity index (χ2n) is 4.58. The number of fused-ring (bicyclic) bond motifs is 3. The number of benzene rings is 2. The van der Waals surface area contributed by atoms with Crippen molar-refractivity contribution in [1.82, 2.24) is 0 Å². The molecular weight excluding hydrogens is 265 g/mol. The van der Waals surface area contributed by atoms with Gasteiger partial charge in [-0.3, -0.25) is 0 Å². The van der Waals surface area contributed by atoms with Crippen LogP contribution in [0.15, 0.2) is 30.3 Å². The molecule has 1 aliphatic rings. The van der Waals surface area contributed by atoms with E-state index >= 15 is 0 Å². The van der Waals surface area contributed by atoms with Crippen LogP contribution in [0.4, 0.5) is 0 Å². The van der Waals surface area contributed by atoms with Crippen molar-refractivity contribution in [2.24, 2.45) is 5.73 Å². The standard InChI is InChI=1S/C15H13Cl2N/c1-2-8-3-4-9-11(7-8)15(18)10-5-6-12(16)14(17)13(9)10/h3-7,15H,2,18H2,1H3. The summed E-state index contributed by atoms with van der Waals surface area (Å²) in [6, 6.07) is 10.1. The summed E-state index contributed by atoms with van der Waals surface area (Å²) in [4.78, 5) is 0. The Labute approximate surface area is 117 Å². The van der Waals surface area contributed by atoms with Crippen LogP contribution in [0.25, 0.3) is 11.1 Å². The van der Waals surface area contributed by atoms with E-state index in [9.17, 15) is 0 Å². The molecule has 0 saturated carbocycles. The summed E-state index contributed by atoms with van der Waals surface area (Å²) in [6.07, 6.45) is 1.00. The van der Waals surface area contributed by atoms with Gasteiger partial charge in [0, 0.05) is 5.56 Å². The third kappa shape index (κ3) is 1.58. The molecule has 0 amide bonds. The van der Waals surface area contributed by atoms with Crippen LogP contribution < -0.4 is 5.73 Å². The topological polar surface area (TPSA) is 26.0 Å². The van der Waals surface area contributed by atoms with Crippen molar-refractivity contribution < 1.29 is 0 Å². The lowest BCUT2D eigenvalue weighted by atomic mass is 10.0. The van der Waals surface area contributed by atoms with E-state index in [1.165, 1.54) is 5.56 Å². The first-order chi connectivity index (χ1) is 8.63. The van der Waals surface area contributed by atoms with Crippen LogP contribution in [0.1, 0.15) is 29.7 Å². The fourth-order valence-electron chi connectivity index (χ4n) is 2.58. The minimum absolute atomic E-state index is 0.101. The summed E-state index contributed by atoms with van der Waals surface area (Å²) in [7, 11) is 0. The summed E-state index contributed by atoms with van der Waals surface area (Å²) < 4.78 is 0. The molecule has 18 heavy (non-hydrogen) atoms. The Kier molecular flexibility index (Phi) is 2.86. The Balaban J connectivity index is 2.30. The number of halogens is 2. The first-order valence-electron chi connectivity index (χ1n) is 6.00. The number of rotatable bonds is 1. The molecule has 0 aliphatic heterocycles. The smallest absolute Gasteiger partial charge is 0.0674 e. The van der Waals surface area contributed by atoms with Gasteiger partial charge < -0.3 is 5.73 Å². The molecule has 1 unspecified atom stereocenters. The molecule has 3 heteroatoms. The number of hydrogen-bond donors (Lipinski definition) is 1. The Hall–Kier alpha value is -1.02. The van der Waals surface area contributed by atoms with Crippen LogP contribution in [0, 0.1) is 0 Å². The van der Waals surface area contributed by atoms with Crippen molar-refractivity contribution in [2.45, 2.75) is 19.4 Å². The van der Waals surface area contributed by atoms with E-state index in [0.717, 1.165) is 28.7 Å². The molecule has 0 bridgehead atoms. The Morgan fingerprint density at radius 1 is 1.11 bits per heavy atom. The molecule has 1 aliphatic carbocycles. The maximum atomic E-state index is 6.32. The minimum Gasteiger partial charge on any atom is -0.320 e. The van der Waals surface area contributed by atoms with Crippen LogP contribution in [0.2, 0.25) is 10.0 Å². The maximum Gasteiger partial charge on any atom is 0.0674 e. The highest BCUT2D eigenvalue weighted by molar-refractivity contribution is 6.44. The summed E-state index contributed by atoms with van der Waals surface area (Å²) in [6.45, 7) is 2.14. The van der Waals surface area contributed by atoms with Gasteiger partial charge in [0.2, 0.25) is 0 Å². The van der Waals surface area contributed by atoms with Gasteiger partial charge in [-0.1, -0.05) is 54.4 Å². The van der Waals surface area contributed by atoms with Crippen molar-refractivity contribution in [3.63, 3.8) is 0 Å².